The molecule has 1 unspecified atom stereocenters. The van der Waals surface area contributed by atoms with Crippen molar-refractivity contribution in [1.82, 2.24) is 4.98 Å². The average Bonchev–Trinajstić information content (AvgIpc) is 2.29. The van der Waals surface area contributed by atoms with Gasteiger partial charge < -0.3 is 10.4 Å². The van der Waals surface area contributed by atoms with Crippen LogP contribution in [-0.4, -0.2) is 22.7 Å². The van der Waals surface area contributed by atoms with Crippen LogP contribution in [0.15, 0.2) is 18.5 Å². The van der Waals surface area contributed by atoms with Gasteiger partial charge in [-0.2, -0.15) is 5.26 Å². The summed E-state index contributed by atoms with van der Waals surface area (Å²) in [4.78, 5) is 3.96. The van der Waals surface area contributed by atoms with Crippen molar-refractivity contribution in [1.29, 1.82) is 5.26 Å². The molecule has 0 radical (unpaired) electrons. The molecule has 0 aromatic carbocycles. The summed E-state index contributed by atoms with van der Waals surface area (Å²) in [7, 11) is 0. The number of hydrogen-bond donors (Lipinski definition) is 2. The molecule has 0 aliphatic carbocycles. The van der Waals surface area contributed by atoms with E-state index in [1.807, 2.05) is 6.92 Å². The lowest BCUT2D eigenvalue weighted by molar-refractivity contribution is 0.278. The Hall–Kier alpha value is -1.60. The fourth-order valence-electron chi connectivity index (χ4n) is 1.36. The number of aliphatic hydroxyl groups is 1. The van der Waals surface area contributed by atoms with Crippen LogP contribution in [0, 0.1) is 11.3 Å². The minimum Gasteiger partial charge on any atom is -0.396 e. The zero-order valence-electron chi connectivity index (χ0n) is 8.77. The fourth-order valence-corrected chi connectivity index (χ4v) is 1.36. The van der Waals surface area contributed by atoms with Crippen molar-refractivity contribution in [3.05, 3.63) is 24.0 Å². The SMILES string of the molecule is CCC(CCO)Nc1cnccc1C#N. The first-order valence-corrected chi connectivity index (χ1v) is 5.03. The highest BCUT2D eigenvalue weighted by Gasteiger charge is 2.08. The van der Waals surface area contributed by atoms with E-state index in [4.69, 9.17) is 10.4 Å². The number of hydrogen-bond acceptors (Lipinski definition) is 4. The maximum Gasteiger partial charge on any atom is 0.101 e. The molecule has 2 N–H and O–H groups in total. The lowest BCUT2D eigenvalue weighted by Crippen LogP contribution is -2.20. The predicted molar refractivity (Wildman–Crippen MR) is 58.4 cm³/mol. The van der Waals surface area contributed by atoms with E-state index in [0.29, 0.717) is 12.0 Å². The van der Waals surface area contributed by atoms with Gasteiger partial charge in [-0.1, -0.05) is 6.92 Å². The van der Waals surface area contributed by atoms with Crippen LogP contribution in [0.2, 0.25) is 0 Å². The average molecular weight is 205 g/mol. The second-order valence-corrected chi connectivity index (χ2v) is 3.29. The molecular formula is C11H15N3O. The molecule has 1 rings (SSSR count). The molecule has 1 aromatic rings. The van der Waals surface area contributed by atoms with Crippen LogP contribution >= 0.6 is 0 Å². The Labute approximate surface area is 89.6 Å². The number of rotatable bonds is 5. The van der Waals surface area contributed by atoms with Gasteiger partial charge in [-0.3, -0.25) is 4.98 Å². The fraction of sp³-hybridized carbons (Fsp3) is 0.455. The maximum atomic E-state index is 8.87. The molecule has 1 heterocycles. The number of aromatic nitrogens is 1. The second kappa shape index (κ2) is 5.99. The molecule has 0 bridgehead atoms. The first-order chi connectivity index (χ1) is 7.31. The van der Waals surface area contributed by atoms with Crippen LogP contribution < -0.4 is 5.32 Å². The predicted octanol–water partition coefficient (Wildman–Crippen LogP) is 1.53. The Bertz CT molecular complexity index is 346. The van der Waals surface area contributed by atoms with E-state index in [2.05, 4.69) is 16.4 Å². The summed E-state index contributed by atoms with van der Waals surface area (Å²) in [6, 6.07) is 3.96. The highest BCUT2D eigenvalue weighted by atomic mass is 16.3. The number of nitrogens with zero attached hydrogens (tertiary/aromatic N) is 2. The Balaban J connectivity index is 2.74. The highest BCUT2D eigenvalue weighted by molar-refractivity contribution is 5.55. The van der Waals surface area contributed by atoms with Crippen molar-refractivity contribution < 1.29 is 5.11 Å². The normalized spacial score (nSPS) is 11.8. The third kappa shape index (κ3) is 3.22. The Morgan fingerprint density at radius 1 is 1.67 bits per heavy atom. The zero-order valence-corrected chi connectivity index (χ0v) is 8.77. The van der Waals surface area contributed by atoms with Gasteiger partial charge in [0.1, 0.15) is 6.07 Å². The molecule has 15 heavy (non-hydrogen) atoms. The van der Waals surface area contributed by atoms with Crippen molar-refractivity contribution >= 4 is 5.69 Å². The van der Waals surface area contributed by atoms with Crippen LogP contribution in [-0.2, 0) is 0 Å². The molecule has 0 saturated heterocycles. The Morgan fingerprint density at radius 3 is 3.07 bits per heavy atom. The molecule has 0 spiro atoms. The lowest BCUT2D eigenvalue weighted by Gasteiger charge is -2.17. The summed E-state index contributed by atoms with van der Waals surface area (Å²) >= 11 is 0. The number of pyridine rings is 1. The number of aliphatic hydroxyl groups excluding tert-OH is 1. The Morgan fingerprint density at radius 2 is 2.47 bits per heavy atom. The summed E-state index contributed by atoms with van der Waals surface area (Å²) in [6.45, 7) is 2.18. The van der Waals surface area contributed by atoms with Crippen molar-refractivity contribution in [2.75, 3.05) is 11.9 Å². The maximum absolute atomic E-state index is 8.87. The van der Waals surface area contributed by atoms with E-state index in [1.165, 1.54) is 0 Å². The zero-order chi connectivity index (χ0) is 11.1. The minimum absolute atomic E-state index is 0.146. The quantitative estimate of drug-likeness (QED) is 0.764. The van der Waals surface area contributed by atoms with Crippen LogP contribution in [0.25, 0.3) is 0 Å². The molecule has 4 nitrogen and oxygen atoms in total. The van der Waals surface area contributed by atoms with Gasteiger partial charge in [-0.25, -0.2) is 0 Å². The van der Waals surface area contributed by atoms with Gasteiger partial charge in [0.15, 0.2) is 0 Å². The molecule has 0 fully saturated rings. The monoisotopic (exact) mass is 205 g/mol. The van der Waals surface area contributed by atoms with Crippen LogP contribution in [0.5, 0.6) is 0 Å². The van der Waals surface area contributed by atoms with Gasteiger partial charge in [0.25, 0.3) is 0 Å². The molecule has 0 aliphatic heterocycles. The van der Waals surface area contributed by atoms with Gasteiger partial charge in [-0.05, 0) is 18.9 Å². The largest absolute Gasteiger partial charge is 0.396 e. The van der Waals surface area contributed by atoms with Crippen molar-refractivity contribution in [2.45, 2.75) is 25.8 Å². The van der Waals surface area contributed by atoms with Crippen LogP contribution in [0.4, 0.5) is 5.69 Å². The van der Waals surface area contributed by atoms with E-state index < -0.39 is 0 Å². The molecule has 0 saturated carbocycles. The minimum atomic E-state index is 0.146. The van der Waals surface area contributed by atoms with Gasteiger partial charge in [0, 0.05) is 18.8 Å². The van der Waals surface area contributed by atoms with E-state index in [0.717, 1.165) is 12.1 Å². The molecule has 4 heteroatoms. The smallest absolute Gasteiger partial charge is 0.101 e. The standard InChI is InChI=1S/C11H15N3O/c1-2-10(4-6-15)14-11-8-13-5-3-9(11)7-12/h3,5,8,10,14-15H,2,4,6H2,1H3. The third-order valence-corrected chi connectivity index (χ3v) is 2.27. The van der Waals surface area contributed by atoms with Crippen molar-refractivity contribution in [2.24, 2.45) is 0 Å². The van der Waals surface area contributed by atoms with Gasteiger partial charge >= 0.3 is 0 Å². The molecule has 1 aromatic heterocycles. The molecule has 0 aliphatic rings. The summed E-state index contributed by atoms with van der Waals surface area (Å²) in [5.74, 6) is 0. The van der Waals surface area contributed by atoms with Crippen LogP contribution in [0.3, 0.4) is 0 Å². The van der Waals surface area contributed by atoms with Crippen molar-refractivity contribution in [3.63, 3.8) is 0 Å². The summed E-state index contributed by atoms with van der Waals surface area (Å²) in [5.41, 5.74) is 1.32. The number of nitrogens with one attached hydrogen (secondary N) is 1. The number of anilines is 1. The number of nitriles is 1. The Kier molecular flexibility index (Phi) is 4.58. The van der Waals surface area contributed by atoms with E-state index in [1.54, 1.807) is 18.5 Å². The van der Waals surface area contributed by atoms with Gasteiger partial charge in [0.2, 0.25) is 0 Å². The summed E-state index contributed by atoms with van der Waals surface area (Å²) < 4.78 is 0. The first-order valence-electron chi connectivity index (χ1n) is 5.03. The summed E-state index contributed by atoms with van der Waals surface area (Å²) in [6.07, 6.45) is 4.81. The molecule has 1 atom stereocenters. The second-order valence-electron chi connectivity index (χ2n) is 3.29. The van der Waals surface area contributed by atoms with E-state index in [9.17, 15) is 0 Å². The van der Waals surface area contributed by atoms with Crippen molar-refractivity contribution in [3.8, 4) is 6.07 Å². The lowest BCUT2D eigenvalue weighted by atomic mass is 10.1. The van der Waals surface area contributed by atoms with Gasteiger partial charge in [0.05, 0.1) is 17.4 Å². The highest BCUT2D eigenvalue weighted by Crippen LogP contribution is 2.15. The van der Waals surface area contributed by atoms with E-state index in [-0.39, 0.29) is 12.6 Å². The van der Waals surface area contributed by atoms with Gasteiger partial charge in [-0.15, -0.1) is 0 Å². The molecule has 80 valence electrons. The van der Waals surface area contributed by atoms with Crippen LogP contribution in [0.1, 0.15) is 25.3 Å². The summed E-state index contributed by atoms with van der Waals surface area (Å²) in [5, 5.41) is 20.9. The third-order valence-electron chi connectivity index (χ3n) is 2.27. The van der Waals surface area contributed by atoms with E-state index >= 15 is 0 Å². The molecular weight excluding hydrogens is 190 g/mol. The first kappa shape index (κ1) is 11.5. The molecule has 0 amide bonds. The topological polar surface area (TPSA) is 68.9 Å².